The summed E-state index contributed by atoms with van der Waals surface area (Å²) < 4.78 is 26.8. The number of nitrogens with zero attached hydrogens (tertiary/aromatic N) is 2. The maximum Gasteiger partial charge on any atom is 0.273 e. The van der Waals surface area contributed by atoms with Gasteiger partial charge in [-0.25, -0.2) is 8.42 Å². The average Bonchev–Trinajstić information content (AvgIpc) is 3.06. The van der Waals surface area contributed by atoms with Gasteiger partial charge in [0.05, 0.1) is 16.4 Å². The van der Waals surface area contributed by atoms with Crippen molar-refractivity contribution in [1.82, 2.24) is 14.9 Å². The van der Waals surface area contributed by atoms with Crippen molar-refractivity contribution in [2.24, 2.45) is 0 Å². The molecule has 1 aliphatic heterocycles. The predicted octanol–water partition coefficient (Wildman–Crippen LogP) is 1.43. The molecule has 1 aliphatic rings. The van der Waals surface area contributed by atoms with Crippen molar-refractivity contribution in [2.45, 2.75) is 19.4 Å². The average molecular weight is 337 g/mol. The van der Waals surface area contributed by atoms with Gasteiger partial charge in [-0.05, 0) is 30.4 Å². The summed E-state index contributed by atoms with van der Waals surface area (Å²) in [6, 6.07) is 7.41. The molecule has 1 N–H and O–H groups in total. The van der Waals surface area contributed by atoms with E-state index >= 15 is 0 Å². The number of amides is 1. The Labute approximate surface area is 132 Å². The molecule has 22 heavy (non-hydrogen) atoms. The van der Waals surface area contributed by atoms with Crippen molar-refractivity contribution in [3.8, 4) is 10.4 Å². The Kier molecular flexibility index (Phi) is 3.96. The Morgan fingerprint density at radius 1 is 1.32 bits per heavy atom. The number of sulfone groups is 1. The lowest BCUT2D eigenvalue weighted by Crippen LogP contribution is -2.36. The van der Waals surface area contributed by atoms with Crippen LogP contribution in [0.3, 0.4) is 0 Å². The van der Waals surface area contributed by atoms with Crippen LogP contribution in [-0.2, 0) is 9.84 Å². The summed E-state index contributed by atoms with van der Waals surface area (Å²) in [5, 5.41) is 6.64. The van der Waals surface area contributed by atoms with Gasteiger partial charge in [-0.1, -0.05) is 34.3 Å². The van der Waals surface area contributed by atoms with Gasteiger partial charge in [0.15, 0.2) is 15.5 Å². The van der Waals surface area contributed by atoms with Crippen LogP contribution in [0.2, 0.25) is 0 Å². The number of hydrogen-bond acceptors (Lipinski definition) is 6. The third-order valence-electron chi connectivity index (χ3n) is 3.58. The Bertz CT molecular complexity index is 797. The van der Waals surface area contributed by atoms with Crippen LogP contribution >= 0.6 is 11.5 Å². The van der Waals surface area contributed by atoms with Crippen LogP contribution in [-0.4, -0.2) is 41.5 Å². The Morgan fingerprint density at radius 3 is 2.68 bits per heavy atom. The molecule has 1 fully saturated rings. The zero-order valence-corrected chi connectivity index (χ0v) is 13.6. The molecule has 0 bridgehead atoms. The van der Waals surface area contributed by atoms with Crippen LogP contribution in [0.4, 0.5) is 0 Å². The third-order valence-corrected chi connectivity index (χ3v) is 6.13. The highest BCUT2D eigenvalue weighted by Gasteiger charge is 2.30. The van der Waals surface area contributed by atoms with E-state index in [2.05, 4.69) is 14.9 Å². The van der Waals surface area contributed by atoms with Crippen molar-refractivity contribution < 1.29 is 13.2 Å². The lowest BCUT2D eigenvalue weighted by molar-refractivity contribution is 0.0936. The molecule has 0 saturated carbocycles. The summed E-state index contributed by atoms with van der Waals surface area (Å²) in [4.78, 5) is 13.0. The maximum atomic E-state index is 12.3. The molecular weight excluding hydrogens is 322 g/mol. The lowest BCUT2D eigenvalue weighted by Gasteiger charge is -2.10. The molecule has 3 rings (SSSR count). The van der Waals surface area contributed by atoms with E-state index in [1.165, 1.54) is 0 Å². The van der Waals surface area contributed by atoms with Gasteiger partial charge in [0.25, 0.3) is 5.91 Å². The number of rotatable bonds is 3. The van der Waals surface area contributed by atoms with E-state index in [0.29, 0.717) is 11.3 Å². The minimum Gasteiger partial charge on any atom is -0.347 e. The molecule has 2 heterocycles. The van der Waals surface area contributed by atoms with Gasteiger partial charge in [0.2, 0.25) is 0 Å². The first kappa shape index (κ1) is 15.1. The zero-order chi connectivity index (χ0) is 15.7. The molecule has 2 aromatic rings. The van der Waals surface area contributed by atoms with Crippen LogP contribution < -0.4 is 5.32 Å². The smallest absolute Gasteiger partial charge is 0.273 e. The number of nitrogens with one attached hydrogen (secondary N) is 1. The van der Waals surface area contributed by atoms with Crippen molar-refractivity contribution in [1.29, 1.82) is 0 Å². The quantitative estimate of drug-likeness (QED) is 0.915. The first-order valence-corrected chi connectivity index (χ1v) is 9.45. The SMILES string of the molecule is Cc1ccc(-c2snnc2C(=O)N[C@@H]2CCS(=O)(=O)C2)cc1. The second-order valence-electron chi connectivity index (χ2n) is 5.39. The molecule has 1 atom stereocenters. The number of carbonyl (C=O) groups excluding carboxylic acids is 1. The summed E-state index contributed by atoms with van der Waals surface area (Å²) in [6.45, 7) is 1.99. The zero-order valence-electron chi connectivity index (χ0n) is 11.9. The molecular formula is C14H15N3O3S2. The molecule has 1 amide bonds. The minimum absolute atomic E-state index is 0.00380. The molecule has 1 saturated heterocycles. The van der Waals surface area contributed by atoms with Crippen LogP contribution in [0, 0.1) is 6.92 Å². The first-order chi connectivity index (χ1) is 10.4. The van der Waals surface area contributed by atoms with Gasteiger partial charge in [-0.15, -0.1) is 5.10 Å². The predicted molar refractivity (Wildman–Crippen MR) is 84.6 cm³/mol. The summed E-state index contributed by atoms with van der Waals surface area (Å²) in [5.74, 6) is -0.250. The monoisotopic (exact) mass is 337 g/mol. The molecule has 1 aromatic heterocycles. The fraction of sp³-hybridized carbons (Fsp3) is 0.357. The van der Waals surface area contributed by atoms with Crippen molar-refractivity contribution in [3.05, 3.63) is 35.5 Å². The molecule has 0 aliphatic carbocycles. The van der Waals surface area contributed by atoms with Gasteiger partial charge in [-0.3, -0.25) is 4.79 Å². The fourth-order valence-electron chi connectivity index (χ4n) is 2.40. The van der Waals surface area contributed by atoms with E-state index in [9.17, 15) is 13.2 Å². The molecule has 8 heteroatoms. The largest absolute Gasteiger partial charge is 0.347 e. The van der Waals surface area contributed by atoms with Crippen LogP contribution in [0.5, 0.6) is 0 Å². The number of aromatic nitrogens is 2. The van der Waals surface area contributed by atoms with Crippen molar-refractivity contribution in [2.75, 3.05) is 11.5 Å². The minimum atomic E-state index is -3.03. The van der Waals surface area contributed by atoms with E-state index in [0.717, 1.165) is 22.7 Å². The van der Waals surface area contributed by atoms with E-state index < -0.39 is 9.84 Å². The molecule has 1 aromatic carbocycles. The van der Waals surface area contributed by atoms with Crippen molar-refractivity contribution in [3.63, 3.8) is 0 Å². The van der Waals surface area contributed by atoms with Crippen LogP contribution in [0.25, 0.3) is 10.4 Å². The van der Waals surface area contributed by atoms with Gasteiger partial charge in [0.1, 0.15) is 0 Å². The van der Waals surface area contributed by atoms with Crippen LogP contribution in [0.15, 0.2) is 24.3 Å². The second-order valence-corrected chi connectivity index (χ2v) is 8.37. The van der Waals surface area contributed by atoms with E-state index in [4.69, 9.17) is 0 Å². The lowest BCUT2D eigenvalue weighted by atomic mass is 10.1. The van der Waals surface area contributed by atoms with E-state index in [1.807, 2.05) is 31.2 Å². The number of benzene rings is 1. The van der Waals surface area contributed by atoms with E-state index in [1.54, 1.807) is 0 Å². The van der Waals surface area contributed by atoms with E-state index in [-0.39, 0.29) is 29.1 Å². The number of hydrogen-bond donors (Lipinski definition) is 1. The highest BCUT2D eigenvalue weighted by molar-refractivity contribution is 7.91. The molecule has 0 spiro atoms. The second kappa shape index (κ2) is 5.77. The van der Waals surface area contributed by atoms with Crippen LogP contribution in [0.1, 0.15) is 22.5 Å². The molecule has 6 nitrogen and oxygen atoms in total. The number of carbonyl (C=O) groups is 1. The molecule has 116 valence electrons. The standard InChI is InChI=1S/C14H15N3O3S2/c1-9-2-4-10(5-3-9)13-12(16-17-21-13)14(18)15-11-6-7-22(19,20)8-11/h2-5,11H,6-8H2,1H3,(H,15,18)/t11-/m1/s1. The highest BCUT2D eigenvalue weighted by Crippen LogP contribution is 2.26. The summed E-state index contributed by atoms with van der Waals surface area (Å²) in [7, 11) is -3.03. The topological polar surface area (TPSA) is 89.0 Å². The molecule has 0 unspecified atom stereocenters. The molecule has 0 radical (unpaired) electrons. The van der Waals surface area contributed by atoms with Gasteiger partial charge < -0.3 is 5.32 Å². The number of aryl methyl sites for hydroxylation is 1. The summed E-state index contributed by atoms with van der Waals surface area (Å²) in [5.41, 5.74) is 2.26. The summed E-state index contributed by atoms with van der Waals surface area (Å²) >= 11 is 1.15. The first-order valence-electron chi connectivity index (χ1n) is 6.85. The van der Waals surface area contributed by atoms with Crippen molar-refractivity contribution >= 4 is 27.3 Å². The Morgan fingerprint density at radius 2 is 2.05 bits per heavy atom. The maximum absolute atomic E-state index is 12.3. The van der Waals surface area contributed by atoms with Gasteiger partial charge in [0, 0.05) is 6.04 Å². The Balaban J connectivity index is 1.80. The normalized spacial score (nSPS) is 20.0. The van der Waals surface area contributed by atoms with Gasteiger partial charge >= 0.3 is 0 Å². The van der Waals surface area contributed by atoms with Gasteiger partial charge in [-0.2, -0.15) is 0 Å². The fourth-order valence-corrected chi connectivity index (χ4v) is 4.74. The summed E-state index contributed by atoms with van der Waals surface area (Å²) in [6.07, 6.45) is 0.450. The third kappa shape index (κ3) is 3.17. The Hall–Kier alpha value is -1.80. The highest BCUT2D eigenvalue weighted by atomic mass is 32.2.